The van der Waals surface area contributed by atoms with Gasteiger partial charge >= 0.3 is 5.97 Å². The molecule has 1 heterocycles. The molecule has 2 aromatic rings. The van der Waals surface area contributed by atoms with Crippen LogP contribution in [0, 0.1) is 5.92 Å². The first kappa shape index (κ1) is 21.7. The number of hydrogen-bond acceptors (Lipinski definition) is 6. The molecule has 1 aliphatic carbocycles. The molecule has 1 amide bonds. The molecule has 0 aliphatic heterocycles. The maximum atomic E-state index is 12.5. The summed E-state index contributed by atoms with van der Waals surface area (Å²) in [6, 6.07) is 4.37. The Morgan fingerprint density at radius 1 is 1.28 bits per heavy atom. The summed E-state index contributed by atoms with van der Waals surface area (Å²) in [4.78, 5) is 29.2. The number of carbonyl (C=O) groups is 2. The Morgan fingerprint density at radius 2 is 2.00 bits per heavy atom. The third-order valence-corrected chi connectivity index (χ3v) is 6.94. The average Bonchev–Trinajstić information content (AvgIpc) is 2.98. The zero-order valence-electron chi connectivity index (χ0n) is 16.3. The first-order chi connectivity index (χ1) is 13.8. The van der Waals surface area contributed by atoms with Crippen LogP contribution in [0.25, 0.3) is 10.2 Å². The molecule has 0 radical (unpaired) electrons. The summed E-state index contributed by atoms with van der Waals surface area (Å²) in [5.41, 5.74) is 0.597. The number of amides is 1. The molecule has 158 valence electrons. The van der Waals surface area contributed by atoms with Crippen molar-refractivity contribution in [2.45, 2.75) is 56.9 Å². The molecule has 0 unspecified atom stereocenters. The van der Waals surface area contributed by atoms with Gasteiger partial charge in [-0.05, 0) is 43.9 Å². The van der Waals surface area contributed by atoms with E-state index in [9.17, 15) is 18.0 Å². The Balaban J connectivity index is 2.00. The lowest BCUT2D eigenvalue weighted by Gasteiger charge is -2.19. The van der Waals surface area contributed by atoms with E-state index in [-0.39, 0.29) is 24.0 Å². The van der Waals surface area contributed by atoms with Crippen molar-refractivity contribution in [2.75, 3.05) is 6.61 Å². The minimum atomic E-state index is -3.86. The van der Waals surface area contributed by atoms with Crippen LogP contribution in [-0.4, -0.2) is 31.5 Å². The summed E-state index contributed by atoms with van der Waals surface area (Å²) < 4.78 is 30.5. The van der Waals surface area contributed by atoms with Crippen molar-refractivity contribution in [3.05, 3.63) is 23.0 Å². The monoisotopic (exact) mass is 439 g/mol. The maximum Gasteiger partial charge on any atom is 0.326 e. The number of ether oxygens (including phenoxy) is 1. The third-order valence-electron chi connectivity index (χ3n) is 4.98. The van der Waals surface area contributed by atoms with Crippen LogP contribution in [0.1, 0.15) is 45.4 Å². The summed E-state index contributed by atoms with van der Waals surface area (Å²) in [6.07, 6.45) is 5.95. The Bertz CT molecular complexity index is 1080. The fourth-order valence-electron chi connectivity index (χ4n) is 3.59. The van der Waals surface area contributed by atoms with Gasteiger partial charge in [-0.1, -0.05) is 30.6 Å². The average molecular weight is 440 g/mol. The highest BCUT2D eigenvalue weighted by molar-refractivity contribution is 7.89. The van der Waals surface area contributed by atoms with Crippen molar-refractivity contribution in [1.82, 2.24) is 4.57 Å². The van der Waals surface area contributed by atoms with Crippen LogP contribution in [-0.2, 0) is 30.9 Å². The third kappa shape index (κ3) is 5.52. The molecule has 1 saturated carbocycles. The lowest BCUT2D eigenvalue weighted by molar-refractivity contribution is -0.143. The van der Waals surface area contributed by atoms with E-state index < -0.39 is 16.0 Å². The Hall–Kier alpha value is -2.04. The SMILES string of the molecule is CCOC(=O)Cn1c(=NC(=O)CC2CCCCC2)sc2cc(S(N)(=O)=O)ccc21. The van der Waals surface area contributed by atoms with Crippen LogP contribution in [0.2, 0.25) is 0 Å². The summed E-state index contributed by atoms with van der Waals surface area (Å²) in [6.45, 7) is 1.84. The van der Waals surface area contributed by atoms with E-state index in [1.165, 1.54) is 18.6 Å². The lowest BCUT2D eigenvalue weighted by Crippen LogP contribution is -2.23. The summed E-state index contributed by atoms with van der Waals surface area (Å²) in [7, 11) is -3.86. The highest BCUT2D eigenvalue weighted by Gasteiger charge is 2.18. The second-order valence-electron chi connectivity index (χ2n) is 7.16. The molecule has 3 rings (SSSR count). The predicted molar refractivity (Wildman–Crippen MR) is 110 cm³/mol. The molecule has 1 aliphatic rings. The summed E-state index contributed by atoms with van der Waals surface area (Å²) in [5, 5.41) is 5.22. The molecule has 1 aromatic carbocycles. The van der Waals surface area contributed by atoms with Crippen LogP contribution in [0.5, 0.6) is 0 Å². The molecular weight excluding hydrogens is 414 g/mol. The van der Waals surface area contributed by atoms with Gasteiger partial charge in [0.2, 0.25) is 15.9 Å². The first-order valence-corrected chi connectivity index (χ1v) is 12.0. The quantitative estimate of drug-likeness (QED) is 0.692. The standard InChI is InChI=1S/C19H25N3O5S2/c1-2-27-18(24)12-22-15-9-8-14(29(20,25)26)11-16(15)28-19(22)21-17(23)10-13-6-4-3-5-7-13/h8-9,11,13H,2-7,10,12H2,1H3,(H2,20,25,26). The fourth-order valence-corrected chi connectivity index (χ4v) is 5.30. The lowest BCUT2D eigenvalue weighted by atomic mass is 9.87. The molecule has 1 aromatic heterocycles. The number of primary sulfonamides is 1. The number of esters is 1. The van der Waals surface area contributed by atoms with Crippen LogP contribution in [0.3, 0.4) is 0 Å². The number of rotatable bonds is 6. The first-order valence-electron chi connectivity index (χ1n) is 9.67. The van der Waals surface area contributed by atoms with Gasteiger partial charge in [0.05, 0.1) is 21.7 Å². The van der Waals surface area contributed by atoms with Gasteiger partial charge in [0.1, 0.15) is 6.54 Å². The second kappa shape index (κ2) is 9.19. The Morgan fingerprint density at radius 3 is 2.66 bits per heavy atom. The minimum absolute atomic E-state index is 0.0328. The molecule has 1 fully saturated rings. The van der Waals surface area contributed by atoms with Gasteiger partial charge in [-0.2, -0.15) is 4.99 Å². The summed E-state index contributed by atoms with van der Waals surface area (Å²) >= 11 is 1.15. The molecule has 0 bridgehead atoms. The van der Waals surface area contributed by atoms with Gasteiger partial charge < -0.3 is 9.30 Å². The number of thiazole rings is 1. The van der Waals surface area contributed by atoms with Gasteiger partial charge in [0, 0.05) is 6.42 Å². The van der Waals surface area contributed by atoms with Crippen molar-refractivity contribution in [1.29, 1.82) is 0 Å². The van der Waals surface area contributed by atoms with Gasteiger partial charge in [0.15, 0.2) is 4.80 Å². The molecule has 0 atom stereocenters. The molecule has 8 nitrogen and oxygen atoms in total. The van der Waals surface area contributed by atoms with Crippen molar-refractivity contribution < 1.29 is 22.7 Å². The molecule has 0 saturated heterocycles. The molecule has 2 N–H and O–H groups in total. The molecular formula is C19H25N3O5S2. The van der Waals surface area contributed by atoms with Crippen LogP contribution in [0.15, 0.2) is 28.1 Å². The van der Waals surface area contributed by atoms with E-state index in [2.05, 4.69) is 4.99 Å². The van der Waals surface area contributed by atoms with E-state index in [1.54, 1.807) is 17.6 Å². The topological polar surface area (TPSA) is 121 Å². The Kier molecular flexibility index (Phi) is 6.86. The van der Waals surface area contributed by atoms with Gasteiger partial charge in [-0.15, -0.1) is 0 Å². The van der Waals surface area contributed by atoms with E-state index >= 15 is 0 Å². The van der Waals surface area contributed by atoms with E-state index in [4.69, 9.17) is 9.88 Å². The van der Waals surface area contributed by atoms with Crippen molar-refractivity contribution in [2.24, 2.45) is 16.0 Å². The van der Waals surface area contributed by atoms with Crippen LogP contribution >= 0.6 is 11.3 Å². The fraction of sp³-hybridized carbons (Fsp3) is 0.526. The number of hydrogen-bond donors (Lipinski definition) is 1. The van der Waals surface area contributed by atoms with E-state index in [1.807, 2.05) is 0 Å². The summed E-state index contributed by atoms with van der Waals surface area (Å²) in [5.74, 6) is -0.335. The number of aromatic nitrogens is 1. The van der Waals surface area contributed by atoms with Crippen LogP contribution in [0.4, 0.5) is 0 Å². The molecule has 0 spiro atoms. The number of fused-ring (bicyclic) bond motifs is 1. The van der Waals surface area contributed by atoms with Gasteiger partial charge in [0.25, 0.3) is 0 Å². The van der Waals surface area contributed by atoms with E-state index in [0.29, 0.717) is 27.4 Å². The predicted octanol–water partition coefficient (Wildman–Crippen LogP) is 2.31. The highest BCUT2D eigenvalue weighted by atomic mass is 32.2. The van der Waals surface area contributed by atoms with Crippen LogP contribution < -0.4 is 9.94 Å². The molecule has 10 heteroatoms. The number of nitrogens with two attached hydrogens (primary N) is 1. The zero-order chi connectivity index (χ0) is 21.0. The highest BCUT2D eigenvalue weighted by Crippen LogP contribution is 2.26. The zero-order valence-corrected chi connectivity index (χ0v) is 17.9. The van der Waals surface area contributed by atoms with Crippen molar-refractivity contribution in [3.63, 3.8) is 0 Å². The maximum absolute atomic E-state index is 12.5. The smallest absolute Gasteiger partial charge is 0.326 e. The normalized spacial score (nSPS) is 16.3. The number of nitrogens with zero attached hydrogens (tertiary/aromatic N) is 2. The van der Waals surface area contributed by atoms with Gasteiger partial charge in [-0.25, -0.2) is 13.6 Å². The largest absolute Gasteiger partial charge is 0.465 e. The minimum Gasteiger partial charge on any atom is -0.465 e. The van der Waals surface area contributed by atoms with Crippen molar-refractivity contribution in [3.8, 4) is 0 Å². The van der Waals surface area contributed by atoms with E-state index in [0.717, 1.165) is 37.0 Å². The Labute approximate surface area is 173 Å². The number of sulfonamides is 1. The number of carbonyl (C=O) groups excluding carboxylic acids is 2. The van der Waals surface area contributed by atoms with Gasteiger partial charge in [-0.3, -0.25) is 9.59 Å². The number of benzene rings is 1. The second-order valence-corrected chi connectivity index (χ2v) is 9.73. The molecule has 29 heavy (non-hydrogen) atoms. The van der Waals surface area contributed by atoms with Crippen molar-refractivity contribution >= 4 is 43.5 Å².